The molecule has 6 nitrogen and oxygen atoms in total. The number of aliphatic hydroxyl groups is 2. The summed E-state index contributed by atoms with van der Waals surface area (Å²) >= 11 is 0. The van der Waals surface area contributed by atoms with E-state index in [1.807, 2.05) is 0 Å². The van der Waals surface area contributed by atoms with Crippen LogP contribution in [0.3, 0.4) is 0 Å². The molecule has 78 heavy (non-hydrogen) atoms. The van der Waals surface area contributed by atoms with E-state index in [0.717, 1.165) is 51.4 Å². The standard InChI is InChI=1S/C72H137NO5/c1-3-5-7-9-11-13-15-17-19-21-23-24-25-26-27-29-32-36-40-44-48-52-56-60-64-70(75)69(68-74)73-71(76)65-61-57-53-49-45-41-37-33-30-28-31-35-39-43-47-51-55-59-63-67-78-72(77)66-62-58-54-50-46-42-38-34-22-20-18-16-14-12-10-8-6-4-2/h14,16,20,22,28,30,69-70,74-75H,3-13,15,17-19,21,23-27,29,31-68H2,1-2H3,(H,73,76)/b16-14-,22-20-,30-28-. The Morgan fingerprint density at radius 2 is 0.641 bits per heavy atom. The van der Waals surface area contributed by atoms with Gasteiger partial charge < -0.3 is 20.3 Å². The van der Waals surface area contributed by atoms with Crippen molar-refractivity contribution in [2.24, 2.45) is 0 Å². The van der Waals surface area contributed by atoms with Crippen molar-refractivity contribution < 1.29 is 24.5 Å². The lowest BCUT2D eigenvalue weighted by molar-refractivity contribution is -0.143. The van der Waals surface area contributed by atoms with E-state index in [2.05, 4.69) is 55.6 Å². The van der Waals surface area contributed by atoms with E-state index in [1.54, 1.807) is 0 Å². The first-order chi connectivity index (χ1) is 38.5. The minimum atomic E-state index is -0.673. The number of hydrogen-bond acceptors (Lipinski definition) is 5. The van der Waals surface area contributed by atoms with Crippen LogP contribution in [-0.4, -0.2) is 47.4 Å². The second-order valence-corrected chi connectivity index (χ2v) is 24.2. The van der Waals surface area contributed by atoms with Gasteiger partial charge in [0, 0.05) is 12.8 Å². The Kier molecular flexibility index (Phi) is 65.9. The average molecular weight is 1100 g/mol. The molecule has 2 unspecified atom stereocenters. The minimum absolute atomic E-state index is 0.00253. The molecule has 0 radical (unpaired) electrons. The average Bonchev–Trinajstić information content (AvgIpc) is 3.44. The highest BCUT2D eigenvalue weighted by Crippen LogP contribution is 2.18. The number of hydrogen-bond donors (Lipinski definition) is 3. The first-order valence-electron chi connectivity index (χ1n) is 35.2. The summed E-state index contributed by atoms with van der Waals surface area (Å²) in [6.45, 7) is 4.95. The summed E-state index contributed by atoms with van der Waals surface area (Å²) in [4.78, 5) is 24.7. The van der Waals surface area contributed by atoms with Crippen LogP contribution < -0.4 is 5.32 Å². The molecule has 0 aromatic carbocycles. The van der Waals surface area contributed by atoms with Gasteiger partial charge >= 0.3 is 5.97 Å². The second kappa shape index (κ2) is 67.6. The van der Waals surface area contributed by atoms with Crippen LogP contribution in [0.1, 0.15) is 386 Å². The van der Waals surface area contributed by atoms with E-state index >= 15 is 0 Å². The molecule has 0 fully saturated rings. The van der Waals surface area contributed by atoms with E-state index in [1.165, 1.54) is 302 Å². The van der Waals surface area contributed by atoms with Gasteiger partial charge in [-0.3, -0.25) is 9.59 Å². The summed E-state index contributed by atoms with van der Waals surface area (Å²) in [6.07, 6.45) is 86.1. The van der Waals surface area contributed by atoms with E-state index in [-0.39, 0.29) is 18.5 Å². The summed E-state index contributed by atoms with van der Waals surface area (Å²) in [5.74, 6) is -0.0433. The van der Waals surface area contributed by atoms with Gasteiger partial charge in [-0.2, -0.15) is 0 Å². The molecule has 460 valence electrons. The van der Waals surface area contributed by atoms with Gasteiger partial charge in [-0.25, -0.2) is 0 Å². The molecule has 2 atom stereocenters. The second-order valence-electron chi connectivity index (χ2n) is 24.2. The van der Waals surface area contributed by atoms with Crippen molar-refractivity contribution in [3.8, 4) is 0 Å². The van der Waals surface area contributed by atoms with Crippen LogP contribution in [0.4, 0.5) is 0 Å². The highest BCUT2D eigenvalue weighted by molar-refractivity contribution is 5.76. The van der Waals surface area contributed by atoms with Gasteiger partial charge in [-0.1, -0.05) is 326 Å². The predicted octanol–water partition coefficient (Wildman–Crippen LogP) is 22.7. The molecule has 0 bridgehead atoms. The zero-order valence-electron chi connectivity index (χ0n) is 52.7. The van der Waals surface area contributed by atoms with E-state index < -0.39 is 12.1 Å². The molecule has 0 saturated carbocycles. The quantitative estimate of drug-likeness (QED) is 0.0320. The number of amides is 1. The van der Waals surface area contributed by atoms with Crippen molar-refractivity contribution in [2.45, 2.75) is 398 Å². The van der Waals surface area contributed by atoms with Gasteiger partial charge in [-0.15, -0.1) is 0 Å². The largest absolute Gasteiger partial charge is 0.466 e. The Labute approximate surface area is 487 Å². The normalized spacial score (nSPS) is 12.7. The third kappa shape index (κ3) is 63.3. The van der Waals surface area contributed by atoms with Crippen molar-refractivity contribution in [3.63, 3.8) is 0 Å². The van der Waals surface area contributed by atoms with Crippen molar-refractivity contribution in [2.75, 3.05) is 13.2 Å². The fraction of sp³-hybridized carbons (Fsp3) is 0.889. The molecule has 0 spiro atoms. The smallest absolute Gasteiger partial charge is 0.305 e. The van der Waals surface area contributed by atoms with Gasteiger partial charge in [0.2, 0.25) is 5.91 Å². The van der Waals surface area contributed by atoms with E-state index in [9.17, 15) is 19.8 Å². The van der Waals surface area contributed by atoms with Gasteiger partial charge in [0.15, 0.2) is 0 Å². The molecule has 0 aliphatic rings. The predicted molar refractivity (Wildman–Crippen MR) is 343 cm³/mol. The van der Waals surface area contributed by atoms with Gasteiger partial charge in [0.25, 0.3) is 0 Å². The van der Waals surface area contributed by atoms with Crippen LogP contribution in [0.25, 0.3) is 0 Å². The van der Waals surface area contributed by atoms with Gasteiger partial charge in [-0.05, 0) is 83.5 Å². The number of unbranched alkanes of at least 4 members (excludes halogenated alkanes) is 49. The monoisotopic (exact) mass is 1100 g/mol. The van der Waals surface area contributed by atoms with Crippen molar-refractivity contribution >= 4 is 11.9 Å². The Balaban J connectivity index is 3.43. The summed E-state index contributed by atoms with van der Waals surface area (Å²) in [7, 11) is 0. The van der Waals surface area contributed by atoms with Crippen LogP contribution in [0.5, 0.6) is 0 Å². The molecule has 3 N–H and O–H groups in total. The third-order valence-corrected chi connectivity index (χ3v) is 16.4. The topological polar surface area (TPSA) is 95.9 Å². The van der Waals surface area contributed by atoms with Crippen LogP contribution in [-0.2, 0) is 14.3 Å². The fourth-order valence-electron chi connectivity index (χ4n) is 11.0. The molecule has 0 aromatic heterocycles. The summed E-state index contributed by atoms with van der Waals surface area (Å²) in [6, 6.07) is -0.551. The van der Waals surface area contributed by atoms with Gasteiger partial charge in [0.05, 0.1) is 25.4 Å². The van der Waals surface area contributed by atoms with E-state index in [0.29, 0.717) is 25.9 Å². The SMILES string of the molecule is CCCCCC/C=C\C/C=C\CCCCCCCCCC(=O)OCCCCCCCCCC/C=C\CCCCCCCCCC(=O)NC(CO)C(O)CCCCCCCCCCCCCCCCCCCCCCCCCC. The molecule has 1 amide bonds. The number of allylic oxidation sites excluding steroid dienone is 6. The van der Waals surface area contributed by atoms with Crippen LogP contribution in [0, 0.1) is 0 Å². The Hall–Kier alpha value is -1.92. The van der Waals surface area contributed by atoms with Crippen molar-refractivity contribution in [1.82, 2.24) is 5.32 Å². The maximum Gasteiger partial charge on any atom is 0.305 e. The molecule has 0 heterocycles. The third-order valence-electron chi connectivity index (χ3n) is 16.4. The van der Waals surface area contributed by atoms with Gasteiger partial charge in [0.1, 0.15) is 0 Å². The highest BCUT2D eigenvalue weighted by Gasteiger charge is 2.20. The number of nitrogens with one attached hydrogen (secondary N) is 1. The first kappa shape index (κ1) is 76.1. The minimum Gasteiger partial charge on any atom is -0.466 e. The van der Waals surface area contributed by atoms with Crippen LogP contribution in [0.15, 0.2) is 36.5 Å². The fourth-order valence-corrected chi connectivity index (χ4v) is 11.0. The first-order valence-corrected chi connectivity index (χ1v) is 35.2. The lowest BCUT2D eigenvalue weighted by atomic mass is 10.0. The number of aliphatic hydroxyl groups excluding tert-OH is 2. The molecule has 0 aromatic rings. The molecular formula is C72H137NO5. The summed E-state index contributed by atoms with van der Waals surface area (Å²) < 4.78 is 5.49. The van der Waals surface area contributed by atoms with Crippen molar-refractivity contribution in [3.05, 3.63) is 36.5 Å². The number of rotatable bonds is 66. The Morgan fingerprint density at radius 1 is 0.359 bits per heavy atom. The number of carbonyl (C=O) groups excluding carboxylic acids is 2. The molecule has 0 rings (SSSR count). The van der Waals surface area contributed by atoms with Crippen LogP contribution >= 0.6 is 0 Å². The number of ether oxygens (including phenoxy) is 1. The Morgan fingerprint density at radius 3 is 1.00 bits per heavy atom. The maximum absolute atomic E-state index is 12.6. The number of esters is 1. The Bertz CT molecular complexity index is 1260. The zero-order chi connectivity index (χ0) is 56.4. The molecule has 0 aliphatic heterocycles. The summed E-state index contributed by atoms with van der Waals surface area (Å²) in [5.41, 5.74) is 0. The molecular weight excluding hydrogens is 959 g/mol. The lowest BCUT2D eigenvalue weighted by Gasteiger charge is -2.22. The molecule has 0 saturated heterocycles. The highest BCUT2D eigenvalue weighted by atomic mass is 16.5. The molecule has 6 heteroatoms. The van der Waals surface area contributed by atoms with E-state index in [4.69, 9.17) is 4.74 Å². The maximum atomic E-state index is 12.6. The van der Waals surface area contributed by atoms with Crippen LogP contribution in [0.2, 0.25) is 0 Å². The summed E-state index contributed by atoms with van der Waals surface area (Å²) in [5, 5.41) is 23.4. The number of carbonyl (C=O) groups is 2. The molecule has 0 aliphatic carbocycles. The lowest BCUT2D eigenvalue weighted by Crippen LogP contribution is -2.45. The zero-order valence-corrected chi connectivity index (χ0v) is 52.7. The van der Waals surface area contributed by atoms with Crippen molar-refractivity contribution in [1.29, 1.82) is 0 Å².